The third kappa shape index (κ3) is 2.00. The molecule has 1 aliphatic rings. The maximum Gasteiger partial charge on any atom is 0.161 e. The van der Waals surface area contributed by atoms with E-state index in [4.69, 9.17) is 9.47 Å². The Balaban J connectivity index is 1.99. The van der Waals surface area contributed by atoms with Crippen molar-refractivity contribution in [1.82, 2.24) is 0 Å². The highest BCUT2D eigenvalue weighted by Gasteiger charge is 2.19. The first-order chi connectivity index (χ1) is 6.90. The van der Waals surface area contributed by atoms with Crippen LogP contribution in [-0.2, 0) is 0 Å². The van der Waals surface area contributed by atoms with Crippen LogP contribution in [0.25, 0.3) is 0 Å². The Morgan fingerprint density at radius 2 is 2.07 bits per heavy atom. The van der Waals surface area contributed by atoms with Gasteiger partial charge in [0.25, 0.3) is 0 Å². The molecule has 0 aliphatic carbocycles. The van der Waals surface area contributed by atoms with Crippen molar-refractivity contribution < 1.29 is 9.47 Å². The van der Waals surface area contributed by atoms with E-state index in [0.717, 1.165) is 17.9 Å². The van der Waals surface area contributed by atoms with Crippen LogP contribution in [0, 0.1) is 0 Å². The topological polar surface area (TPSA) is 18.5 Å². The number of rotatable bonds is 3. The van der Waals surface area contributed by atoms with Gasteiger partial charge < -0.3 is 9.47 Å². The van der Waals surface area contributed by atoms with Gasteiger partial charge in [-0.05, 0) is 25.0 Å². The molecule has 14 heavy (non-hydrogen) atoms. The zero-order valence-electron chi connectivity index (χ0n) is 8.53. The van der Waals surface area contributed by atoms with Crippen LogP contribution < -0.4 is 9.47 Å². The van der Waals surface area contributed by atoms with Crippen LogP contribution >= 0.6 is 0 Å². The quantitative estimate of drug-likeness (QED) is 0.733. The fourth-order valence-electron chi connectivity index (χ4n) is 1.64. The average Bonchev–Trinajstić information content (AvgIpc) is 2.26. The Morgan fingerprint density at radius 3 is 2.86 bits per heavy atom. The fraction of sp³-hybridized carbons (Fsp3) is 0.500. The van der Waals surface area contributed by atoms with Crippen LogP contribution in [0.15, 0.2) is 24.3 Å². The molecule has 2 heteroatoms. The summed E-state index contributed by atoms with van der Waals surface area (Å²) >= 11 is 0. The van der Waals surface area contributed by atoms with E-state index >= 15 is 0 Å². The average molecular weight is 192 g/mol. The second-order valence-electron chi connectivity index (χ2n) is 3.64. The lowest BCUT2D eigenvalue weighted by atomic mass is 10.1. The zero-order chi connectivity index (χ0) is 9.80. The van der Waals surface area contributed by atoms with Crippen molar-refractivity contribution in [1.29, 1.82) is 0 Å². The molecular weight excluding hydrogens is 176 g/mol. The molecule has 1 heterocycles. The van der Waals surface area contributed by atoms with Crippen LogP contribution in [0.3, 0.4) is 0 Å². The Hall–Kier alpha value is -1.18. The lowest BCUT2D eigenvalue weighted by molar-refractivity contribution is 0.0832. The van der Waals surface area contributed by atoms with Crippen LogP contribution in [-0.4, -0.2) is 12.7 Å². The van der Waals surface area contributed by atoms with Gasteiger partial charge in [0.1, 0.15) is 12.7 Å². The number of para-hydroxylation sites is 2. The van der Waals surface area contributed by atoms with Crippen LogP contribution in [0.1, 0.15) is 26.2 Å². The van der Waals surface area contributed by atoms with Crippen molar-refractivity contribution in [3.8, 4) is 11.5 Å². The van der Waals surface area contributed by atoms with Crippen molar-refractivity contribution in [2.24, 2.45) is 0 Å². The van der Waals surface area contributed by atoms with Crippen molar-refractivity contribution >= 4 is 0 Å². The maximum atomic E-state index is 5.81. The number of fused-ring (bicyclic) bond motifs is 1. The third-order valence-corrected chi connectivity index (χ3v) is 2.45. The van der Waals surface area contributed by atoms with E-state index in [9.17, 15) is 0 Å². The predicted molar refractivity (Wildman–Crippen MR) is 55.9 cm³/mol. The largest absolute Gasteiger partial charge is 0.486 e. The monoisotopic (exact) mass is 192 g/mol. The minimum absolute atomic E-state index is 0.241. The lowest BCUT2D eigenvalue weighted by Gasteiger charge is -2.26. The Kier molecular flexibility index (Phi) is 2.92. The summed E-state index contributed by atoms with van der Waals surface area (Å²) in [7, 11) is 0. The molecule has 2 nitrogen and oxygen atoms in total. The Morgan fingerprint density at radius 1 is 1.29 bits per heavy atom. The predicted octanol–water partition coefficient (Wildman–Crippen LogP) is 3.02. The second kappa shape index (κ2) is 4.36. The number of hydrogen-bond acceptors (Lipinski definition) is 2. The van der Waals surface area contributed by atoms with E-state index < -0.39 is 0 Å². The second-order valence-corrected chi connectivity index (χ2v) is 3.64. The normalized spacial score (nSPS) is 19.4. The molecule has 0 spiro atoms. The minimum Gasteiger partial charge on any atom is -0.486 e. The Labute approximate surface area is 84.8 Å². The summed E-state index contributed by atoms with van der Waals surface area (Å²) in [5.74, 6) is 1.76. The highest BCUT2D eigenvalue weighted by molar-refractivity contribution is 5.40. The molecule has 1 atom stereocenters. The number of hydrogen-bond donors (Lipinski definition) is 0. The van der Waals surface area contributed by atoms with Crippen molar-refractivity contribution in [2.45, 2.75) is 32.3 Å². The highest BCUT2D eigenvalue weighted by atomic mass is 16.6. The van der Waals surface area contributed by atoms with Gasteiger partial charge in [-0.3, -0.25) is 0 Å². The summed E-state index contributed by atoms with van der Waals surface area (Å²) in [5.41, 5.74) is 0. The molecule has 0 aromatic heterocycles. The first-order valence-electron chi connectivity index (χ1n) is 5.28. The van der Waals surface area contributed by atoms with Crippen molar-refractivity contribution in [3.05, 3.63) is 24.3 Å². The molecule has 1 aromatic rings. The molecule has 0 radical (unpaired) electrons. The van der Waals surface area contributed by atoms with Gasteiger partial charge >= 0.3 is 0 Å². The van der Waals surface area contributed by atoms with Gasteiger partial charge in [0.05, 0.1) is 0 Å². The third-order valence-electron chi connectivity index (χ3n) is 2.45. The first-order valence-corrected chi connectivity index (χ1v) is 5.28. The van der Waals surface area contributed by atoms with E-state index in [0.29, 0.717) is 6.61 Å². The standard InChI is InChI=1S/C12H16O2/c1-2-3-6-10-9-13-11-7-4-5-8-12(11)14-10/h4-5,7-8,10H,2-3,6,9H2,1H3. The van der Waals surface area contributed by atoms with Gasteiger partial charge in [0.2, 0.25) is 0 Å². The molecule has 1 unspecified atom stereocenters. The van der Waals surface area contributed by atoms with Crippen LogP contribution in [0.4, 0.5) is 0 Å². The molecule has 1 aliphatic heterocycles. The minimum atomic E-state index is 0.241. The van der Waals surface area contributed by atoms with E-state index in [2.05, 4.69) is 6.92 Å². The van der Waals surface area contributed by atoms with Gasteiger partial charge in [0.15, 0.2) is 11.5 Å². The molecule has 0 bridgehead atoms. The molecule has 0 N–H and O–H groups in total. The van der Waals surface area contributed by atoms with Crippen molar-refractivity contribution in [2.75, 3.05) is 6.61 Å². The molecular formula is C12H16O2. The van der Waals surface area contributed by atoms with Gasteiger partial charge in [-0.1, -0.05) is 25.5 Å². The highest BCUT2D eigenvalue weighted by Crippen LogP contribution is 2.31. The van der Waals surface area contributed by atoms with Gasteiger partial charge in [-0.2, -0.15) is 0 Å². The van der Waals surface area contributed by atoms with Gasteiger partial charge in [-0.15, -0.1) is 0 Å². The zero-order valence-corrected chi connectivity index (χ0v) is 8.53. The number of benzene rings is 1. The summed E-state index contributed by atoms with van der Waals surface area (Å²) in [4.78, 5) is 0. The van der Waals surface area contributed by atoms with E-state index in [-0.39, 0.29) is 6.10 Å². The van der Waals surface area contributed by atoms with E-state index in [1.807, 2.05) is 24.3 Å². The lowest BCUT2D eigenvalue weighted by Crippen LogP contribution is -2.28. The fourth-order valence-corrected chi connectivity index (χ4v) is 1.64. The number of ether oxygens (including phenoxy) is 2. The summed E-state index contributed by atoms with van der Waals surface area (Å²) in [6.07, 6.45) is 3.74. The Bertz CT molecular complexity index is 296. The van der Waals surface area contributed by atoms with Crippen LogP contribution in [0.5, 0.6) is 11.5 Å². The SMILES string of the molecule is CCCCC1COc2ccccc2O1. The summed E-state index contributed by atoms with van der Waals surface area (Å²) in [5, 5.41) is 0. The molecule has 1 aromatic carbocycles. The van der Waals surface area contributed by atoms with Gasteiger partial charge in [-0.25, -0.2) is 0 Å². The van der Waals surface area contributed by atoms with Crippen LogP contribution in [0.2, 0.25) is 0 Å². The molecule has 76 valence electrons. The van der Waals surface area contributed by atoms with Crippen molar-refractivity contribution in [3.63, 3.8) is 0 Å². The summed E-state index contributed by atoms with van der Waals surface area (Å²) in [6.45, 7) is 2.88. The summed E-state index contributed by atoms with van der Waals surface area (Å²) in [6, 6.07) is 7.86. The maximum absolute atomic E-state index is 5.81. The molecule has 0 saturated heterocycles. The summed E-state index contributed by atoms with van der Waals surface area (Å²) < 4.78 is 11.4. The molecule has 0 amide bonds. The van der Waals surface area contributed by atoms with Gasteiger partial charge in [0, 0.05) is 0 Å². The first kappa shape index (κ1) is 9.38. The smallest absolute Gasteiger partial charge is 0.161 e. The van der Waals surface area contributed by atoms with E-state index in [1.54, 1.807) is 0 Å². The molecule has 0 fully saturated rings. The molecule has 0 saturated carbocycles. The molecule has 2 rings (SSSR count). The number of unbranched alkanes of at least 4 members (excludes halogenated alkanes) is 1. The van der Waals surface area contributed by atoms with E-state index in [1.165, 1.54) is 12.8 Å².